The van der Waals surface area contributed by atoms with E-state index in [9.17, 15) is 0 Å². The van der Waals surface area contributed by atoms with Crippen LogP contribution in [0.4, 0.5) is 0 Å². The molecule has 3 nitrogen and oxygen atoms in total. The molecule has 3 aromatic carbocycles. The summed E-state index contributed by atoms with van der Waals surface area (Å²) in [5.41, 5.74) is 4.89. The number of rotatable bonds is 9. The van der Waals surface area contributed by atoms with Gasteiger partial charge in [0.15, 0.2) is 8.32 Å². The van der Waals surface area contributed by atoms with Crippen LogP contribution in [0.2, 0.25) is 18.1 Å². The molecule has 0 fully saturated rings. The molecular weight excluding hydrogens is 422 g/mol. The number of nitrogens with one attached hydrogen (secondary N) is 1. The van der Waals surface area contributed by atoms with Crippen LogP contribution in [-0.2, 0) is 11.0 Å². The molecule has 1 N–H and O–H groups in total. The monoisotopic (exact) mass is 461 g/mol. The number of methoxy groups -OCH3 is 1. The molecule has 0 bridgehead atoms. The molecule has 3 rings (SSSR count). The topological polar surface area (TPSA) is 30.5 Å². The summed E-state index contributed by atoms with van der Waals surface area (Å²) < 4.78 is 12.2. The van der Waals surface area contributed by atoms with Gasteiger partial charge in [-0.15, -0.1) is 0 Å². The Bertz CT molecular complexity index is 993. The largest absolute Gasteiger partial charge is 0.497 e. The summed E-state index contributed by atoms with van der Waals surface area (Å²) in [4.78, 5) is 0. The first-order valence-electron chi connectivity index (χ1n) is 11.8. The highest BCUT2D eigenvalue weighted by molar-refractivity contribution is 6.74. The molecule has 0 unspecified atom stereocenters. The van der Waals surface area contributed by atoms with Crippen molar-refractivity contribution in [3.63, 3.8) is 0 Å². The van der Waals surface area contributed by atoms with Crippen molar-refractivity contribution in [2.75, 3.05) is 7.11 Å². The minimum atomic E-state index is -1.92. The van der Waals surface area contributed by atoms with E-state index in [0.29, 0.717) is 0 Å². The fraction of sp³-hybridized carbons (Fsp3) is 0.379. The van der Waals surface area contributed by atoms with Crippen LogP contribution in [0, 0.1) is 0 Å². The third-order valence-electron chi connectivity index (χ3n) is 6.82. The normalized spacial score (nSPS) is 14.0. The van der Waals surface area contributed by atoms with E-state index in [1.165, 1.54) is 22.3 Å². The van der Waals surface area contributed by atoms with E-state index in [1.807, 2.05) is 12.1 Å². The van der Waals surface area contributed by atoms with Gasteiger partial charge in [0.1, 0.15) is 5.75 Å². The second kappa shape index (κ2) is 10.7. The summed E-state index contributed by atoms with van der Waals surface area (Å²) in [7, 11) is -0.231. The minimum absolute atomic E-state index is 0.0191. The molecule has 0 aliphatic rings. The van der Waals surface area contributed by atoms with E-state index in [2.05, 4.69) is 113 Å². The van der Waals surface area contributed by atoms with Gasteiger partial charge >= 0.3 is 0 Å². The Balaban J connectivity index is 1.70. The van der Waals surface area contributed by atoms with Crippen LogP contribution in [0.25, 0.3) is 11.1 Å². The maximum Gasteiger partial charge on any atom is 0.192 e. The molecule has 4 heteroatoms. The van der Waals surface area contributed by atoms with Crippen LogP contribution in [0.5, 0.6) is 5.75 Å². The van der Waals surface area contributed by atoms with E-state index in [0.717, 1.165) is 12.3 Å². The van der Waals surface area contributed by atoms with Gasteiger partial charge in [-0.3, -0.25) is 0 Å². The van der Waals surface area contributed by atoms with E-state index in [4.69, 9.17) is 9.16 Å². The molecule has 33 heavy (non-hydrogen) atoms. The van der Waals surface area contributed by atoms with Crippen LogP contribution in [0.3, 0.4) is 0 Å². The van der Waals surface area contributed by atoms with E-state index in [1.54, 1.807) is 7.11 Å². The first-order chi connectivity index (χ1) is 15.6. The second-order valence-electron chi connectivity index (χ2n) is 10.3. The van der Waals surface area contributed by atoms with Gasteiger partial charge in [-0.2, -0.15) is 0 Å². The van der Waals surface area contributed by atoms with Gasteiger partial charge in [-0.05, 0) is 59.4 Å². The molecule has 0 aliphatic heterocycles. The van der Waals surface area contributed by atoms with Crippen molar-refractivity contribution in [1.82, 2.24) is 5.32 Å². The summed E-state index contributed by atoms with van der Waals surface area (Å²) in [5, 5.41) is 3.89. The first-order valence-corrected chi connectivity index (χ1v) is 14.7. The van der Waals surface area contributed by atoms with Crippen LogP contribution in [0.15, 0.2) is 78.9 Å². The molecule has 176 valence electrons. The van der Waals surface area contributed by atoms with Crippen molar-refractivity contribution in [2.45, 2.75) is 64.5 Å². The third-order valence-corrected chi connectivity index (χ3v) is 11.3. The smallest absolute Gasteiger partial charge is 0.192 e. The fourth-order valence-corrected chi connectivity index (χ4v) is 4.91. The molecule has 0 saturated carbocycles. The van der Waals surface area contributed by atoms with Gasteiger partial charge in [-0.25, -0.2) is 0 Å². The molecule has 0 aromatic heterocycles. The lowest BCUT2D eigenvalue weighted by Gasteiger charge is -2.41. The Morgan fingerprint density at radius 1 is 0.818 bits per heavy atom. The lowest BCUT2D eigenvalue weighted by Crippen LogP contribution is -2.45. The van der Waals surface area contributed by atoms with E-state index in [-0.39, 0.29) is 17.2 Å². The van der Waals surface area contributed by atoms with Crippen LogP contribution in [0.1, 0.15) is 44.9 Å². The summed E-state index contributed by atoms with van der Waals surface area (Å²) >= 11 is 0. The number of benzene rings is 3. The van der Waals surface area contributed by atoms with E-state index < -0.39 is 8.32 Å². The Labute approximate surface area is 201 Å². The van der Waals surface area contributed by atoms with Crippen molar-refractivity contribution < 1.29 is 9.16 Å². The van der Waals surface area contributed by atoms with Gasteiger partial charge in [-0.1, -0.05) is 87.5 Å². The molecule has 3 aromatic rings. The molecule has 0 spiro atoms. The number of hydrogen-bond acceptors (Lipinski definition) is 3. The highest BCUT2D eigenvalue weighted by Gasteiger charge is 2.40. The minimum Gasteiger partial charge on any atom is -0.497 e. The number of ether oxygens (including phenoxy) is 1. The second-order valence-corrected chi connectivity index (χ2v) is 15.1. The SMILES string of the molecule is COc1ccc(-c2ccc(CN[C@H](C)[C@@H](O[Si](C)(C)C(C)(C)C)c3ccccc3)cc2)cc1. The molecular formula is C29H39NO2Si. The molecule has 2 atom stereocenters. The van der Waals surface area contributed by atoms with Crippen LogP contribution >= 0.6 is 0 Å². The summed E-state index contributed by atoms with van der Waals surface area (Å²) in [6.45, 7) is 14.6. The Morgan fingerprint density at radius 3 is 1.88 bits per heavy atom. The first kappa shape index (κ1) is 25.2. The van der Waals surface area contributed by atoms with Gasteiger partial charge in [0.25, 0.3) is 0 Å². The summed E-state index contributed by atoms with van der Waals surface area (Å²) in [6, 6.07) is 27.8. The lowest BCUT2D eigenvalue weighted by molar-refractivity contribution is 0.143. The Morgan fingerprint density at radius 2 is 1.36 bits per heavy atom. The van der Waals surface area contributed by atoms with Crippen molar-refractivity contribution in [3.05, 3.63) is 90.0 Å². The number of hydrogen-bond donors (Lipinski definition) is 1. The average molecular weight is 462 g/mol. The van der Waals surface area contributed by atoms with Gasteiger partial charge in [0.05, 0.1) is 13.2 Å². The zero-order valence-corrected chi connectivity index (χ0v) is 22.2. The Kier molecular flexibility index (Phi) is 8.17. The predicted molar refractivity (Wildman–Crippen MR) is 142 cm³/mol. The third kappa shape index (κ3) is 6.56. The molecule has 0 saturated heterocycles. The zero-order chi connectivity index (χ0) is 24.1. The maximum atomic E-state index is 6.90. The highest BCUT2D eigenvalue weighted by atomic mass is 28.4. The van der Waals surface area contributed by atoms with Crippen LogP contribution in [-0.4, -0.2) is 21.5 Å². The molecule has 0 aliphatic carbocycles. The molecule has 0 radical (unpaired) electrons. The Hall–Kier alpha value is -2.40. The summed E-state index contributed by atoms with van der Waals surface area (Å²) in [5.74, 6) is 0.876. The maximum absolute atomic E-state index is 6.90. The van der Waals surface area contributed by atoms with Gasteiger partial charge < -0.3 is 14.5 Å². The highest BCUT2D eigenvalue weighted by Crippen LogP contribution is 2.40. The average Bonchev–Trinajstić information content (AvgIpc) is 2.81. The quantitative estimate of drug-likeness (QED) is 0.333. The molecule has 0 heterocycles. The van der Waals surface area contributed by atoms with Crippen molar-refractivity contribution in [1.29, 1.82) is 0 Å². The predicted octanol–water partition coefficient (Wildman–Crippen LogP) is 7.60. The van der Waals surface area contributed by atoms with Crippen molar-refractivity contribution >= 4 is 8.32 Å². The van der Waals surface area contributed by atoms with Crippen LogP contribution < -0.4 is 10.1 Å². The van der Waals surface area contributed by atoms with Crippen molar-refractivity contribution in [2.24, 2.45) is 0 Å². The van der Waals surface area contributed by atoms with Gasteiger partial charge in [0, 0.05) is 12.6 Å². The zero-order valence-electron chi connectivity index (χ0n) is 21.2. The standard InChI is InChI=1S/C29H39NO2Si/c1-22(28(26-11-9-8-10-12-26)32-33(6,7)29(2,3)4)30-21-23-13-15-24(16-14-23)25-17-19-27(31-5)20-18-25/h8-20,22,28,30H,21H2,1-7H3/t22-,28-/m1/s1. The molecule has 0 amide bonds. The summed E-state index contributed by atoms with van der Waals surface area (Å²) in [6.07, 6.45) is 0.0191. The van der Waals surface area contributed by atoms with Crippen molar-refractivity contribution in [3.8, 4) is 16.9 Å². The fourth-order valence-electron chi connectivity index (χ4n) is 3.58. The lowest BCUT2D eigenvalue weighted by atomic mass is 10.0. The van der Waals surface area contributed by atoms with E-state index >= 15 is 0 Å². The van der Waals surface area contributed by atoms with Gasteiger partial charge in [0.2, 0.25) is 0 Å².